The summed E-state index contributed by atoms with van der Waals surface area (Å²) in [4.78, 5) is 11.7. The van der Waals surface area contributed by atoms with Crippen LogP contribution in [-0.4, -0.2) is 17.8 Å². The van der Waals surface area contributed by atoms with Crippen molar-refractivity contribution >= 4 is 29.0 Å². The maximum Gasteiger partial charge on any atom is 0.173 e. The molecular formula is C14H14Cl2O2. The maximum atomic E-state index is 11.7. The van der Waals surface area contributed by atoms with E-state index >= 15 is 0 Å². The first kappa shape index (κ1) is 13.7. The molecule has 0 N–H and O–H groups in total. The van der Waals surface area contributed by atoms with Gasteiger partial charge >= 0.3 is 0 Å². The zero-order valence-electron chi connectivity index (χ0n) is 9.86. The van der Waals surface area contributed by atoms with Crippen LogP contribution in [0.15, 0.2) is 18.2 Å². The minimum Gasteiger partial charge on any atom is -0.483 e. The van der Waals surface area contributed by atoms with Gasteiger partial charge in [-0.05, 0) is 43.0 Å². The molecule has 0 aliphatic heterocycles. The molecule has 0 amide bonds. The second-order valence-corrected chi connectivity index (χ2v) is 5.08. The zero-order valence-corrected chi connectivity index (χ0v) is 11.4. The van der Waals surface area contributed by atoms with Gasteiger partial charge in [0.1, 0.15) is 5.75 Å². The largest absolute Gasteiger partial charge is 0.483 e. The van der Waals surface area contributed by atoms with E-state index in [0.29, 0.717) is 18.1 Å². The van der Waals surface area contributed by atoms with Gasteiger partial charge in [-0.25, -0.2) is 0 Å². The lowest BCUT2D eigenvalue weighted by Gasteiger charge is -2.22. The van der Waals surface area contributed by atoms with Crippen molar-refractivity contribution in [3.63, 3.8) is 0 Å². The highest BCUT2D eigenvalue weighted by atomic mass is 35.5. The average Bonchev–Trinajstić information content (AvgIpc) is 2.41. The van der Waals surface area contributed by atoms with Crippen LogP contribution in [0, 0.1) is 12.5 Å². The summed E-state index contributed by atoms with van der Waals surface area (Å²) in [5, 5.41) is -0.286. The molecule has 96 valence electrons. The molecule has 1 aliphatic rings. The molecule has 2 nitrogen and oxygen atoms in total. The van der Waals surface area contributed by atoms with Crippen molar-refractivity contribution < 1.29 is 9.53 Å². The van der Waals surface area contributed by atoms with Crippen LogP contribution in [0.25, 0.3) is 0 Å². The summed E-state index contributed by atoms with van der Waals surface area (Å²) in [6, 6.07) is 8.34. The van der Waals surface area contributed by atoms with E-state index < -0.39 is 0 Å². The minimum atomic E-state index is -0.338. The molecule has 0 saturated heterocycles. The number of rotatable bonds is 4. The maximum absolute atomic E-state index is 11.7. The first-order valence-corrected chi connectivity index (χ1v) is 6.90. The summed E-state index contributed by atoms with van der Waals surface area (Å²) >= 11 is 11.7. The predicted octanol–water partition coefficient (Wildman–Crippen LogP) is 3.71. The molecule has 1 aliphatic carbocycles. The van der Waals surface area contributed by atoms with Crippen molar-refractivity contribution in [3.8, 4) is 5.75 Å². The molecule has 0 aromatic heterocycles. The van der Waals surface area contributed by atoms with Gasteiger partial charge in [0.25, 0.3) is 0 Å². The van der Waals surface area contributed by atoms with Gasteiger partial charge in [0, 0.05) is 12.3 Å². The molecule has 1 fully saturated rings. The third-order valence-electron chi connectivity index (χ3n) is 2.88. The van der Waals surface area contributed by atoms with Crippen LogP contribution < -0.4 is 4.74 Å². The van der Waals surface area contributed by atoms with Crippen molar-refractivity contribution in [1.82, 2.24) is 0 Å². The topological polar surface area (TPSA) is 26.3 Å². The standard InChI is InChI=1S/C14H14Cl2O2/c15-9-12(16)10-4-3-5-11(8-10)18-14-7-2-1-6-13(14)17/h1,3,5,8,12,14H,2,6-7,9H2. The predicted molar refractivity (Wildman–Crippen MR) is 72.2 cm³/mol. The molecule has 1 aromatic carbocycles. The Bertz CT molecular complexity index is 420. The second kappa shape index (κ2) is 6.44. The molecule has 0 spiro atoms. The van der Waals surface area contributed by atoms with Crippen LogP contribution in [0.1, 0.15) is 30.2 Å². The number of hydrogen-bond acceptors (Lipinski definition) is 2. The fourth-order valence-electron chi connectivity index (χ4n) is 1.90. The summed E-state index contributed by atoms with van der Waals surface area (Å²) in [5.41, 5.74) is 0.791. The van der Waals surface area contributed by atoms with Gasteiger partial charge in [-0.1, -0.05) is 6.07 Å². The van der Waals surface area contributed by atoms with E-state index in [1.54, 1.807) is 18.2 Å². The van der Waals surface area contributed by atoms with Gasteiger partial charge < -0.3 is 4.74 Å². The lowest BCUT2D eigenvalue weighted by Crippen LogP contribution is -2.30. The molecule has 2 unspecified atom stereocenters. The third-order valence-corrected chi connectivity index (χ3v) is 3.74. The van der Waals surface area contributed by atoms with E-state index in [1.165, 1.54) is 0 Å². The Balaban J connectivity index is 2.06. The fourth-order valence-corrected chi connectivity index (χ4v) is 2.19. The number of carbonyl (C=O) groups excluding carboxylic acids is 1. The van der Waals surface area contributed by atoms with Crippen LogP contribution >= 0.6 is 23.2 Å². The number of carbonyl (C=O) groups is 1. The Hall–Kier alpha value is -0.730. The monoisotopic (exact) mass is 284 g/mol. The summed E-state index contributed by atoms with van der Waals surface area (Å²) in [6.45, 7) is 0. The molecule has 18 heavy (non-hydrogen) atoms. The Morgan fingerprint density at radius 1 is 1.56 bits per heavy atom. The number of benzene rings is 1. The molecule has 1 saturated carbocycles. The molecule has 2 atom stereocenters. The van der Waals surface area contributed by atoms with Crippen LogP contribution in [0.4, 0.5) is 0 Å². The summed E-state index contributed by atoms with van der Waals surface area (Å²) in [5.74, 6) is 1.11. The van der Waals surface area contributed by atoms with Gasteiger partial charge in [-0.15, -0.1) is 23.2 Å². The highest BCUT2D eigenvalue weighted by Crippen LogP contribution is 2.26. The molecule has 2 radical (unpaired) electrons. The average molecular weight is 285 g/mol. The highest BCUT2D eigenvalue weighted by molar-refractivity contribution is 6.28. The number of halogens is 2. The van der Waals surface area contributed by atoms with Crippen molar-refractivity contribution in [2.45, 2.75) is 30.7 Å². The first-order chi connectivity index (χ1) is 8.70. The molecule has 0 heterocycles. The van der Waals surface area contributed by atoms with Crippen molar-refractivity contribution in [2.75, 3.05) is 5.88 Å². The van der Waals surface area contributed by atoms with E-state index in [0.717, 1.165) is 18.4 Å². The molecule has 0 bridgehead atoms. The fraction of sp³-hybridized carbons (Fsp3) is 0.429. The van der Waals surface area contributed by atoms with Crippen molar-refractivity contribution in [3.05, 3.63) is 36.2 Å². The van der Waals surface area contributed by atoms with Gasteiger partial charge in [0.15, 0.2) is 11.9 Å². The van der Waals surface area contributed by atoms with Crippen LogP contribution in [0.5, 0.6) is 5.75 Å². The molecule has 1 aromatic rings. The van der Waals surface area contributed by atoms with Crippen molar-refractivity contribution in [1.29, 1.82) is 0 Å². The van der Waals surface area contributed by atoms with E-state index in [-0.39, 0.29) is 17.3 Å². The van der Waals surface area contributed by atoms with Crippen LogP contribution in [0.2, 0.25) is 0 Å². The molecule has 4 heteroatoms. The minimum absolute atomic E-state index is 0.135. The SMILES string of the molecule is O=C1C[CH]CCC1Oc1cc[c]c(C(Cl)CCl)c1. The Kier molecular flexibility index (Phi) is 4.90. The zero-order chi connectivity index (χ0) is 13.0. The van der Waals surface area contributed by atoms with Crippen LogP contribution in [0.3, 0.4) is 0 Å². The Morgan fingerprint density at radius 3 is 3.11 bits per heavy atom. The third kappa shape index (κ3) is 3.39. The van der Waals surface area contributed by atoms with E-state index in [4.69, 9.17) is 27.9 Å². The van der Waals surface area contributed by atoms with Gasteiger partial charge in [0.05, 0.1) is 5.38 Å². The number of ketones is 1. The second-order valence-electron chi connectivity index (χ2n) is 4.24. The Morgan fingerprint density at radius 2 is 2.39 bits per heavy atom. The quantitative estimate of drug-likeness (QED) is 0.788. The lowest BCUT2D eigenvalue weighted by atomic mass is 9.96. The van der Waals surface area contributed by atoms with Gasteiger partial charge in [-0.3, -0.25) is 4.79 Å². The highest BCUT2D eigenvalue weighted by Gasteiger charge is 2.24. The normalized spacial score (nSPS) is 21.7. The van der Waals surface area contributed by atoms with E-state index in [9.17, 15) is 4.79 Å². The number of ether oxygens (including phenoxy) is 1. The number of hydrogen-bond donors (Lipinski definition) is 0. The first-order valence-electron chi connectivity index (χ1n) is 5.93. The van der Waals surface area contributed by atoms with Crippen molar-refractivity contribution in [2.24, 2.45) is 0 Å². The van der Waals surface area contributed by atoms with E-state index in [2.05, 4.69) is 6.07 Å². The summed E-state index contributed by atoms with van der Waals surface area (Å²) in [7, 11) is 0. The smallest absolute Gasteiger partial charge is 0.173 e. The van der Waals surface area contributed by atoms with Crippen LogP contribution in [-0.2, 0) is 4.79 Å². The number of alkyl halides is 2. The number of Topliss-reactive ketones (excluding diaryl/α,β-unsaturated/α-hetero) is 1. The van der Waals surface area contributed by atoms with E-state index in [1.807, 2.05) is 6.42 Å². The van der Waals surface area contributed by atoms with Gasteiger partial charge in [0.2, 0.25) is 0 Å². The molecule has 2 rings (SSSR count). The summed E-state index contributed by atoms with van der Waals surface area (Å²) < 4.78 is 5.71. The lowest BCUT2D eigenvalue weighted by molar-refractivity contribution is -0.126. The van der Waals surface area contributed by atoms with Gasteiger partial charge in [-0.2, -0.15) is 0 Å². The summed E-state index contributed by atoms with van der Waals surface area (Å²) in [6.07, 6.45) is 3.81. The molecular weight excluding hydrogens is 271 g/mol. The Labute approximate surface area is 117 Å².